The molecule has 0 unspecified atom stereocenters. The van der Waals surface area contributed by atoms with Crippen molar-refractivity contribution in [1.29, 1.82) is 0 Å². The van der Waals surface area contributed by atoms with Gasteiger partial charge in [0.05, 0.1) is 36.9 Å². The van der Waals surface area contributed by atoms with Crippen molar-refractivity contribution in [3.05, 3.63) is 77.4 Å². The van der Waals surface area contributed by atoms with Gasteiger partial charge in [-0.05, 0) is 53.8 Å². The van der Waals surface area contributed by atoms with Crippen LogP contribution in [0.2, 0.25) is 0 Å². The molecule has 9 nitrogen and oxygen atoms in total. The summed E-state index contributed by atoms with van der Waals surface area (Å²) < 4.78 is 42.6. The van der Waals surface area contributed by atoms with Gasteiger partial charge in [0.15, 0.2) is 0 Å². The third-order valence-corrected chi connectivity index (χ3v) is 8.60. The third kappa shape index (κ3) is 5.62. The van der Waals surface area contributed by atoms with E-state index in [4.69, 9.17) is 19.4 Å². The summed E-state index contributed by atoms with van der Waals surface area (Å²) in [5.41, 5.74) is 6.99. The lowest BCUT2D eigenvalue weighted by molar-refractivity contribution is -0.192. The number of methoxy groups -OCH3 is 1. The molecule has 2 aliphatic heterocycles. The second kappa shape index (κ2) is 11.6. The van der Waals surface area contributed by atoms with E-state index in [0.717, 1.165) is 90.4 Å². The minimum Gasteiger partial charge on any atom is -0.497 e. The molecule has 44 heavy (non-hydrogen) atoms. The summed E-state index contributed by atoms with van der Waals surface area (Å²) in [6.45, 7) is 4.78. The molecular formula is C32H31F3N4O5. The Hall–Kier alpha value is -4.42. The maximum Gasteiger partial charge on any atom is 0.490 e. The highest BCUT2D eigenvalue weighted by molar-refractivity contribution is 6.10. The number of ether oxygens (including phenoxy) is 2. The van der Waals surface area contributed by atoms with Crippen LogP contribution in [0.15, 0.2) is 60.7 Å². The van der Waals surface area contributed by atoms with Crippen LogP contribution in [0.4, 0.5) is 18.9 Å². The maximum atomic E-state index is 13.0. The molecule has 3 aromatic carbocycles. The number of carbonyl (C=O) groups is 2. The van der Waals surface area contributed by atoms with Gasteiger partial charge in [0.1, 0.15) is 5.75 Å². The molecule has 1 aliphatic carbocycles. The fraction of sp³-hybridized carbons (Fsp3) is 0.344. The van der Waals surface area contributed by atoms with Gasteiger partial charge < -0.3 is 19.9 Å². The van der Waals surface area contributed by atoms with Crippen LogP contribution in [-0.2, 0) is 26.2 Å². The van der Waals surface area contributed by atoms with Crippen LogP contribution in [0.1, 0.15) is 29.0 Å². The molecule has 7 rings (SSSR count). The SMILES string of the molecule is COc1ccc2c(c1)[C@]1(C[C@H]1c1ccc3c(-c4ccc(CCN5CCOCC5)cc4)n[nH]c3c1)C(=O)N2.O=C(O)C(F)(F)F. The highest BCUT2D eigenvalue weighted by Crippen LogP contribution is 2.65. The molecule has 3 aliphatic rings. The van der Waals surface area contributed by atoms with Crippen LogP contribution in [0.25, 0.3) is 22.2 Å². The molecule has 0 bridgehead atoms. The predicted molar refractivity (Wildman–Crippen MR) is 157 cm³/mol. The van der Waals surface area contributed by atoms with Gasteiger partial charge >= 0.3 is 12.1 Å². The van der Waals surface area contributed by atoms with E-state index in [9.17, 15) is 18.0 Å². The topological polar surface area (TPSA) is 117 Å². The zero-order valence-electron chi connectivity index (χ0n) is 23.9. The first-order valence-electron chi connectivity index (χ1n) is 14.3. The molecule has 1 aromatic heterocycles. The van der Waals surface area contributed by atoms with Gasteiger partial charge in [0, 0.05) is 42.2 Å². The van der Waals surface area contributed by atoms with Crippen LogP contribution >= 0.6 is 0 Å². The van der Waals surface area contributed by atoms with Crippen LogP contribution in [0, 0.1) is 0 Å². The summed E-state index contributed by atoms with van der Waals surface area (Å²) in [5, 5.41) is 19.2. The summed E-state index contributed by atoms with van der Waals surface area (Å²) in [6, 6.07) is 21.1. The number of amides is 1. The maximum absolute atomic E-state index is 13.0. The molecule has 0 radical (unpaired) electrons. The molecule has 3 heterocycles. The third-order valence-electron chi connectivity index (χ3n) is 8.60. The number of benzene rings is 3. The summed E-state index contributed by atoms with van der Waals surface area (Å²) in [6.07, 6.45) is -3.24. The highest BCUT2D eigenvalue weighted by Gasteiger charge is 2.65. The molecular weight excluding hydrogens is 577 g/mol. The van der Waals surface area contributed by atoms with Gasteiger partial charge in [-0.3, -0.25) is 14.8 Å². The number of aliphatic carboxylic acids is 1. The van der Waals surface area contributed by atoms with Gasteiger partial charge in [-0.1, -0.05) is 36.4 Å². The van der Waals surface area contributed by atoms with Crippen LogP contribution in [-0.4, -0.2) is 78.2 Å². The molecule has 3 N–H and O–H groups in total. The van der Waals surface area contributed by atoms with Crippen molar-refractivity contribution in [3.8, 4) is 17.0 Å². The number of halogens is 3. The number of rotatable bonds is 6. The smallest absolute Gasteiger partial charge is 0.490 e. The summed E-state index contributed by atoms with van der Waals surface area (Å²) in [7, 11) is 1.66. The largest absolute Gasteiger partial charge is 0.497 e. The first-order valence-corrected chi connectivity index (χ1v) is 14.3. The average molecular weight is 609 g/mol. The van der Waals surface area contributed by atoms with E-state index in [2.05, 4.69) is 62.9 Å². The zero-order valence-corrected chi connectivity index (χ0v) is 23.9. The van der Waals surface area contributed by atoms with Crippen molar-refractivity contribution in [2.45, 2.75) is 30.4 Å². The first-order chi connectivity index (χ1) is 21.1. The van der Waals surface area contributed by atoms with Crippen molar-refractivity contribution in [2.75, 3.05) is 45.3 Å². The molecule has 2 fully saturated rings. The fourth-order valence-corrected chi connectivity index (χ4v) is 6.11. The molecule has 230 valence electrons. The van der Waals surface area contributed by atoms with Gasteiger partial charge in [-0.25, -0.2) is 4.79 Å². The number of nitrogens with one attached hydrogen (secondary N) is 2. The van der Waals surface area contributed by atoms with E-state index >= 15 is 0 Å². The van der Waals surface area contributed by atoms with E-state index in [0.29, 0.717) is 0 Å². The lowest BCUT2D eigenvalue weighted by atomic mass is 9.91. The average Bonchev–Trinajstić information content (AvgIpc) is 3.55. The summed E-state index contributed by atoms with van der Waals surface area (Å²) in [5.74, 6) is -1.75. The number of hydrogen-bond acceptors (Lipinski definition) is 6. The molecule has 4 aromatic rings. The van der Waals surface area contributed by atoms with Crippen LogP contribution in [0.3, 0.4) is 0 Å². The first kappa shape index (κ1) is 29.6. The van der Waals surface area contributed by atoms with Crippen molar-refractivity contribution in [2.24, 2.45) is 0 Å². The van der Waals surface area contributed by atoms with E-state index in [-0.39, 0.29) is 11.8 Å². The second-order valence-corrected chi connectivity index (χ2v) is 11.2. The van der Waals surface area contributed by atoms with E-state index < -0.39 is 17.6 Å². The van der Waals surface area contributed by atoms with Gasteiger partial charge in [0.2, 0.25) is 5.91 Å². The Bertz CT molecular complexity index is 1700. The van der Waals surface area contributed by atoms with Crippen molar-refractivity contribution in [3.63, 3.8) is 0 Å². The Morgan fingerprint density at radius 1 is 1.11 bits per heavy atom. The number of fused-ring (bicyclic) bond motifs is 3. The fourth-order valence-electron chi connectivity index (χ4n) is 6.11. The van der Waals surface area contributed by atoms with E-state index in [1.165, 1.54) is 5.56 Å². The number of H-pyrrole nitrogens is 1. The number of morpholine rings is 1. The zero-order chi connectivity index (χ0) is 31.1. The van der Waals surface area contributed by atoms with Crippen LogP contribution < -0.4 is 10.1 Å². The Balaban J connectivity index is 0.000000441. The summed E-state index contributed by atoms with van der Waals surface area (Å²) in [4.78, 5) is 24.4. The Morgan fingerprint density at radius 2 is 1.84 bits per heavy atom. The van der Waals surface area contributed by atoms with Crippen molar-refractivity contribution >= 4 is 28.5 Å². The molecule has 2 atom stereocenters. The van der Waals surface area contributed by atoms with Gasteiger partial charge in [-0.15, -0.1) is 0 Å². The number of carboxylic acids is 1. The van der Waals surface area contributed by atoms with Crippen LogP contribution in [0.5, 0.6) is 5.75 Å². The van der Waals surface area contributed by atoms with Gasteiger partial charge in [-0.2, -0.15) is 18.3 Å². The number of aromatic amines is 1. The Morgan fingerprint density at radius 3 is 2.52 bits per heavy atom. The Labute approximate surface area is 251 Å². The number of alkyl halides is 3. The summed E-state index contributed by atoms with van der Waals surface area (Å²) >= 11 is 0. The monoisotopic (exact) mass is 608 g/mol. The standard InChI is InChI=1S/C30H30N4O3.C2HF3O2/c1-36-22-7-9-26-24(17-22)30(29(35)31-26)18-25(30)21-6-8-23-27(16-21)32-33-28(23)20-4-2-19(3-5-20)10-11-34-12-14-37-15-13-34;3-2(4,5)1(6)7/h2-9,16-17,25H,10-15,18H2,1H3,(H,31,35)(H,32,33);(H,6,7)/t25-,30-;/m0./s1. The minimum absolute atomic E-state index is 0.0832. The molecule has 1 saturated carbocycles. The van der Waals surface area contributed by atoms with E-state index in [1.807, 2.05) is 18.2 Å². The quantitative estimate of drug-likeness (QED) is 0.278. The number of aromatic nitrogens is 2. The number of nitrogens with zero attached hydrogens (tertiary/aromatic N) is 2. The number of carbonyl (C=O) groups excluding carboxylic acids is 1. The van der Waals surface area contributed by atoms with Crippen molar-refractivity contribution in [1.82, 2.24) is 15.1 Å². The highest BCUT2D eigenvalue weighted by atomic mass is 19.4. The van der Waals surface area contributed by atoms with E-state index in [1.54, 1.807) is 7.11 Å². The van der Waals surface area contributed by atoms with Crippen molar-refractivity contribution < 1.29 is 37.3 Å². The molecule has 1 saturated heterocycles. The lowest BCUT2D eigenvalue weighted by Crippen LogP contribution is -2.37. The Kier molecular flexibility index (Phi) is 7.80. The number of carboxylic acid groups (broad SMARTS) is 1. The normalized spacial score (nSPS) is 21.0. The second-order valence-electron chi connectivity index (χ2n) is 11.2. The molecule has 1 spiro atoms. The predicted octanol–water partition coefficient (Wildman–Crippen LogP) is 5.12. The van der Waals surface area contributed by atoms with Gasteiger partial charge in [0.25, 0.3) is 0 Å². The number of anilines is 1. The minimum atomic E-state index is -5.08. The number of hydrogen-bond donors (Lipinski definition) is 3. The lowest BCUT2D eigenvalue weighted by Gasteiger charge is -2.26. The molecule has 12 heteroatoms. The molecule has 1 amide bonds.